The Morgan fingerprint density at radius 1 is 1.25 bits per heavy atom. The second-order valence-corrected chi connectivity index (χ2v) is 9.54. The van der Waals surface area contributed by atoms with Crippen LogP contribution >= 0.6 is 23.1 Å². The number of rotatable bonds is 8. The highest BCUT2D eigenvalue weighted by Crippen LogP contribution is 2.45. The average Bonchev–Trinajstić information content (AvgIpc) is 3.51. The number of fused-ring (bicyclic) bond motifs is 2. The van der Waals surface area contributed by atoms with Crippen LogP contribution in [0.15, 0.2) is 45.3 Å². The Hall–Kier alpha value is -2.82. The normalized spacial score (nSPS) is 12.8. The Labute approximate surface area is 194 Å². The molecule has 4 heterocycles. The standard InChI is InChI=1S/C22H24N6O2S2/c1-13(2)24-5-3-6-28-21-19(20(23)25-11-26-21)27-22(28)32-18-9-17-16(29-12-30-17)8-15(18)14-4-7-31-10-14/h4,7-11,13,24H,3,5-6,12H2,1-2H3,(H2,23,25,26). The number of imidazole rings is 1. The number of nitrogens with one attached hydrogen (secondary N) is 1. The number of aromatic nitrogens is 4. The molecule has 4 aromatic rings. The Kier molecular flexibility index (Phi) is 5.90. The number of ether oxygens (including phenoxy) is 2. The third-order valence-corrected chi connectivity index (χ3v) is 6.88. The van der Waals surface area contributed by atoms with Gasteiger partial charge < -0.3 is 25.1 Å². The van der Waals surface area contributed by atoms with Crippen LogP contribution in [0.25, 0.3) is 22.3 Å². The average molecular weight is 469 g/mol. The molecule has 0 bridgehead atoms. The lowest BCUT2D eigenvalue weighted by atomic mass is 10.1. The first-order chi connectivity index (χ1) is 15.6. The van der Waals surface area contributed by atoms with Crippen molar-refractivity contribution in [3.05, 3.63) is 35.3 Å². The van der Waals surface area contributed by atoms with Gasteiger partial charge in [-0.15, -0.1) is 0 Å². The number of hydrogen-bond donors (Lipinski definition) is 2. The molecule has 10 heteroatoms. The lowest BCUT2D eigenvalue weighted by Crippen LogP contribution is -2.24. The zero-order chi connectivity index (χ0) is 22.1. The van der Waals surface area contributed by atoms with Crippen molar-refractivity contribution in [1.82, 2.24) is 24.8 Å². The fraction of sp³-hybridized carbons (Fsp3) is 0.318. The van der Waals surface area contributed by atoms with Gasteiger partial charge in [0.1, 0.15) is 6.33 Å². The molecule has 0 spiro atoms. The summed E-state index contributed by atoms with van der Waals surface area (Å²) in [5.41, 5.74) is 9.73. The van der Waals surface area contributed by atoms with Crippen LogP contribution < -0.4 is 20.5 Å². The van der Waals surface area contributed by atoms with E-state index in [1.165, 1.54) is 6.33 Å². The van der Waals surface area contributed by atoms with Gasteiger partial charge >= 0.3 is 0 Å². The van der Waals surface area contributed by atoms with Crippen LogP contribution in [0, 0.1) is 0 Å². The van der Waals surface area contributed by atoms with Crippen LogP contribution in [0.3, 0.4) is 0 Å². The van der Waals surface area contributed by atoms with Gasteiger partial charge in [-0.2, -0.15) is 11.3 Å². The Morgan fingerprint density at radius 3 is 2.88 bits per heavy atom. The highest BCUT2D eigenvalue weighted by Gasteiger charge is 2.22. The molecule has 0 saturated heterocycles. The Morgan fingerprint density at radius 2 is 2.09 bits per heavy atom. The molecule has 166 valence electrons. The van der Waals surface area contributed by atoms with Gasteiger partial charge in [0.2, 0.25) is 6.79 Å². The molecule has 0 saturated carbocycles. The van der Waals surface area contributed by atoms with Crippen LogP contribution in [-0.2, 0) is 6.54 Å². The molecule has 0 radical (unpaired) electrons. The first-order valence-electron chi connectivity index (χ1n) is 10.4. The second-order valence-electron chi connectivity index (χ2n) is 7.76. The number of aryl methyl sites for hydroxylation is 1. The van der Waals surface area contributed by atoms with E-state index < -0.39 is 0 Å². The maximum absolute atomic E-state index is 6.12. The summed E-state index contributed by atoms with van der Waals surface area (Å²) < 4.78 is 13.4. The third kappa shape index (κ3) is 4.13. The van der Waals surface area contributed by atoms with E-state index in [1.54, 1.807) is 23.1 Å². The quantitative estimate of drug-likeness (QED) is 0.367. The molecule has 0 fully saturated rings. The van der Waals surface area contributed by atoms with Gasteiger partial charge in [0.05, 0.1) is 0 Å². The summed E-state index contributed by atoms with van der Waals surface area (Å²) in [6.07, 6.45) is 2.44. The van der Waals surface area contributed by atoms with Crippen LogP contribution in [0.2, 0.25) is 0 Å². The van der Waals surface area contributed by atoms with Gasteiger partial charge in [-0.3, -0.25) is 0 Å². The summed E-state index contributed by atoms with van der Waals surface area (Å²) in [5.74, 6) is 1.90. The van der Waals surface area contributed by atoms with E-state index in [1.807, 2.05) is 12.1 Å². The maximum atomic E-state index is 6.12. The van der Waals surface area contributed by atoms with E-state index >= 15 is 0 Å². The summed E-state index contributed by atoms with van der Waals surface area (Å²) in [7, 11) is 0. The maximum Gasteiger partial charge on any atom is 0.231 e. The predicted octanol–water partition coefficient (Wildman–Crippen LogP) is 4.41. The summed E-state index contributed by atoms with van der Waals surface area (Å²) in [6, 6.07) is 6.62. The van der Waals surface area contributed by atoms with Crippen molar-refractivity contribution in [3.8, 4) is 22.6 Å². The fourth-order valence-electron chi connectivity index (χ4n) is 3.59. The lowest BCUT2D eigenvalue weighted by Gasteiger charge is -2.12. The van der Waals surface area contributed by atoms with E-state index in [0.717, 1.165) is 57.8 Å². The van der Waals surface area contributed by atoms with Crippen LogP contribution in [0.5, 0.6) is 11.5 Å². The number of anilines is 1. The van der Waals surface area contributed by atoms with Crippen molar-refractivity contribution in [2.45, 2.75) is 42.9 Å². The summed E-state index contributed by atoms with van der Waals surface area (Å²) in [6.45, 7) is 6.21. The molecule has 0 unspecified atom stereocenters. The van der Waals surface area contributed by atoms with E-state index in [4.69, 9.17) is 20.2 Å². The number of benzene rings is 1. The molecule has 3 aromatic heterocycles. The molecule has 0 aliphatic carbocycles. The molecule has 3 N–H and O–H groups in total. The van der Waals surface area contributed by atoms with E-state index in [9.17, 15) is 0 Å². The monoisotopic (exact) mass is 468 g/mol. The van der Waals surface area contributed by atoms with E-state index in [2.05, 4.69) is 50.5 Å². The molecule has 8 nitrogen and oxygen atoms in total. The van der Waals surface area contributed by atoms with E-state index in [-0.39, 0.29) is 6.79 Å². The third-order valence-electron chi connectivity index (χ3n) is 5.14. The second kappa shape index (κ2) is 8.97. The van der Waals surface area contributed by atoms with Crippen LogP contribution in [0.4, 0.5) is 5.82 Å². The smallest absolute Gasteiger partial charge is 0.231 e. The summed E-state index contributed by atoms with van der Waals surface area (Å²) in [5, 5.41) is 8.49. The van der Waals surface area contributed by atoms with Crippen molar-refractivity contribution in [1.29, 1.82) is 0 Å². The first kappa shape index (κ1) is 21.0. The van der Waals surface area contributed by atoms with Crippen molar-refractivity contribution in [2.75, 3.05) is 19.1 Å². The molecule has 1 aliphatic heterocycles. The molecule has 5 rings (SSSR count). The van der Waals surface area contributed by atoms with Crippen molar-refractivity contribution < 1.29 is 9.47 Å². The van der Waals surface area contributed by atoms with Crippen LogP contribution in [0.1, 0.15) is 20.3 Å². The van der Waals surface area contributed by atoms with Gasteiger partial charge in [-0.05, 0) is 47.5 Å². The highest BCUT2D eigenvalue weighted by molar-refractivity contribution is 7.99. The first-order valence-corrected chi connectivity index (χ1v) is 12.2. The van der Waals surface area contributed by atoms with Gasteiger partial charge in [-0.25, -0.2) is 15.0 Å². The van der Waals surface area contributed by atoms with Gasteiger partial charge in [0.15, 0.2) is 33.6 Å². The van der Waals surface area contributed by atoms with Gasteiger partial charge in [0.25, 0.3) is 0 Å². The predicted molar refractivity (Wildman–Crippen MR) is 127 cm³/mol. The van der Waals surface area contributed by atoms with Crippen molar-refractivity contribution in [2.24, 2.45) is 0 Å². The molecule has 1 aliphatic rings. The fourth-order valence-corrected chi connectivity index (χ4v) is 5.32. The molecule has 0 atom stereocenters. The van der Waals surface area contributed by atoms with E-state index in [0.29, 0.717) is 17.4 Å². The SMILES string of the molecule is CC(C)NCCCn1c(Sc2cc3c(cc2-c2ccsc2)OCO3)nc2c(N)ncnc21. The molecule has 32 heavy (non-hydrogen) atoms. The molecular formula is C22H24N6O2S2. The topological polar surface area (TPSA) is 100 Å². The van der Waals surface area contributed by atoms with Crippen LogP contribution in [-0.4, -0.2) is 38.9 Å². The number of hydrogen-bond acceptors (Lipinski definition) is 9. The summed E-state index contributed by atoms with van der Waals surface area (Å²) in [4.78, 5) is 14.5. The van der Waals surface area contributed by atoms with Crippen molar-refractivity contribution >= 4 is 40.1 Å². The molecule has 0 amide bonds. The number of nitrogens with zero attached hydrogens (tertiary/aromatic N) is 4. The van der Waals surface area contributed by atoms with Crippen molar-refractivity contribution in [3.63, 3.8) is 0 Å². The lowest BCUT2D eigenvalue weighted by molar-refractivity contribution is 0.174. The molecular weight excluding hydrogens is 444 g/mol. The van der Waals surface area contributed by atoms with Gasteiger partial charge in [-0.1, -0.05) is 25.6 Å². The largest absolute Gasteiger partial charge is 0.454 e. The highest BCUT2D eigenvalue weighted by atomic mass is 32.2. The number of nitrogens with two attached hydrogens (primary N) is 1. The number of thiophene rings is 1. The minimum Gasteiger partial charge on any atom is -0.454 e. The minimum absolute atomic E-state index is 0.236. The van der Waals surface area contributed by atoms with Gasteiger partial charge in [0, 0.05) is 23.0 Å². The number of nitrogen functional groups attached to an aromatic ring is 1. The minimum atomic E-state index is 0.236. The zero-order valence-electron chi connectivity index (χ0n) is 17.9. The Bertz CT molecular complexity index is 1240. The zero-order valence-corrected chi connectivity index (χ0v) is 19.5. The Balaban J connectivity index is 1.54. The molecule has 1 aromatic carbocycles. The summed E-state index contributed by atoms with van der Waals surface area (Å²) >= 11 is 3.24.